The highest BCUT2D eigenvalue weighted by molar-refractivity contribution is 6.35. The van der Waals surface area contributed by atoms with Gasteiger partial charge in [0.05, 0.1) is 23.5 Å². The third-order valence-electron chi connectivity index (χ3n) is 5.00. The normalized spacial score (nSPS) is 15.7. The van der Waals surface area contributed by atoms with Crippen LogP contribution in [0.2, 0.25) is 10.0 Å². The van der Waals surface area contributed by atoms with Gasteiger partial charge < -0.3 is 8.98 Å². The number of nitrogens with one attached hydrogen (secondary N) is 1. The molecular weight excluding hydrogens is 441 g/mol. The van der Waals surface area contributed by atoms with Crippen molar-refractivity contribution < 1.29 is 18.8 Å². The lowest BCUT2D eigenvalue weighted by molar-refractivity contribution is -0.130. The van der Waals surface area contributed by atoms with Crippen LogP contribution in [0.4, 0.5) is 4.79 Å². The second kappa shape index (κ2) is 8.09. The van der Waals surface area contributed by atoms with Gasteiger partial charge in [-0.3, -0.25) is 19.8 Å². The van der Waals surface area contributed by atoms with Crippen LogP contribution in [0.5, 0.6) is 0 Å². The lowest BCUT2D eigenvalue weighted by Crippen LogP contribution is -2.53. The van der Waals surface area contributed by atoms with E-state index in [9.17, 15) is 14.4 Å². The van der Waals surface area contributed by atoms with E-state index < -0.39 is 17.8 Å². The minimum absolute atomic E-state index is 0.0817. The fraction of sp³-hybridized carbons (Fsp3) is 0.136. The van der Waals surface area contributed by atoms with Crippen molar-refractivity contribution in [2.75, 3.05) is 0 Å². The van der Waals surface area contributed by atoms with E-state index in [-0.39, 0.29) is 12.1 Å². The molecule has 1 fully saturated rings. The molecule has 2 aromatic heterocycles. The molecule has 1 saturated heterocycles. The number of furan rings is 1. The summed E-state index contributed by atoms with van der Waals surface area (Å²) in [5.41, 5.74) is 2.84. The standard InChI is InChI=1S/C22H17Cl2N3O4/c1-12-8-14(13(2)27(12)19-6-5-15(23)10-18(19)24)9-17-20(28)25-22(30)26(21(17)29)11-16-4-3-7-31-16/h3-10H,11H2,1-2H3,(H,25,28,30). The average molecular weight is 458 g/mol. The Morgan fingerprint density at radius 1 is 1.10 bits per heavy atom. The molecule has 7 nitrogen and oxygen atoms in total. The quantitative estimate of drug-likeness (QED) is 0.456. The topological polar surface area (TPSA) is 84.6 Å². The van der Waals surface area contributed by atoms with E-state index in [0.29, 0.717) is 21.4 Å². The number of carbonyl (C=O) groups is 3. The summed E-state index contributed by atoms with van der Waals surface area (Å²) in [5, 5.41) is 3.19. The molecule has 4 rings (SSSR count). The van der Waals surface area contributed by atoms with Crippen molar-refractivity contribution in [1.29, 1.82) is 0 Å². The van der Waals surface area contributed by atoms with Crippen molar-refractivity contribution in [3.8, 4) is 5.69 Å². The summed E-state index contributed by atoms with van der Waals surface area (Å²) in [4.78, 5) is 38.5. The number of carbonyl (C=O) groups excluding carboxylic acids is 3. The Labute approximate surface area is 187 Å². The van der Waals surface area contributed by atoms with E-state index in [1.807, 2.05) is 24.5 Å². The lowest BCUT2D eigenvalue weighted by atomic mass is 10.1. The van der Waals surface area contributed by atoms with Gasteiger partial charge in [0.1, 0.15) is 11.3 Å². The summed E-state index contributed by atoms with van der Waals surface area (Å²) in [7, 11) is 0. The molecule has 1 aromatic carbocycles. The fourth-order valence-electron chi connectivity index (χ4n) is 3.52. The number of halogens is 2. The third kappa shape index (κ3) is 3.89. The number of benzene rings is 1. The van der Waals surface area contributed by atoms with Crippen LogP contribution in [0.3, 0.4) is 0 Å². The summed E-state index contributed by atoms with van der Waals surface area (Å²) in [5.74, 6) is -1.02. The number of hydrogen-bond acceptors (Lipinski definition) is 4. The Balaban J connectivity index is 1.73. The molecule has 9 heteroatoms. The number of aryl methyl sites for hydroxylation is 1. The maximum Gasteiger partial charge on any atom is 0.331 e. The molecule has 0 spiro atoms. The van der Waals surface area contributed by atoms with Crippen LogP contribution in [-0.4, -0.2) is 27.3 Å². The molecule has 0 atom stereocenters. The molecule has 3 heterocycles. The molecule has 0 unspecified atom stereocenters. The highest BCUT2D eigenvalue weighted by Crippen LogP contribution is 2.30. The molecule has 0 bridgehead atoms. The number of hydrogen-bond donors (Lipinski definition) is 1. The largest absolute Gasteiger partial charge is 0.467 e. The van der Waals surface area contributed by atoms with Crippen LogP contribution in [0.1, 0.15) is 22.7 Å². The predicted molar refractivity (Wildman–Crippen MR) is 116 cm³/mol. The van der Waals surface area contributed by atoms with E-state index in [0.717, 1.165) is 22.0 Å². The summed E-state index contributed by atoms with van der Waals surface area (Å²) in [6.45, 7) is 3.65. The van der Waals surface area contributed by atoms with Crippen LogP contribution in [0, 0.1) is 13.8 Å². The maximum absolute atomic E-state index is 12.9. The summed E-state index contributed by atoms with van der Waals surface area (Å²) in [6, 6.07) is 9.51. The molecule has 1 aliphatic heterocycles. The van der Waals surface area contributed by atoms with Gasteiger partial charge in [-0.2, -0.15) is 0 Å². The molecule has 0 saturated carbocycles. The molecule has 0 radical (unpaired) electrons. The molecule has 1 aliphatic rings. The van der Waals surface area contributed by atoms with E-state index in [1.54, 1.807) is 30.3 Å². The van der Waals surface area contributed by atoms with Gasteiger partial charge in [0.25, 0.3) is 11.8 Å². The van der Waals surface area contributed by atoms with Crippen molar-refractivity contribution in [3.63, 3.8) is 0 Å². The molecule has 31 heavy (non-hydrogen) atoms. The first-order chi connectivity index (χ1) is 14.8. The van der Waals surface area contributed by atoms with E-state index in [1.165, 1.54) is 12.3 Å². The SMILES string of the molecule is Cc1cc(C=C2C(=O)NC(=O)N(Cc3ccco3)C2=O)c(C)n1-c1ccc(Cl)cc1Cl. The average Bonchev–Trinajstić information content (AvgIpc) is 3.31. The zero-order valence-electron chi connectivity index (χ0n) is 16.6. The van der Waals surface area contributed by atoms with Gasteiger partial charge >= 0.3 is 6.03 Å². The first-order valence-corrected chi connectivity index (χ1v) is 10.1. The highest BCUT2D eigenvalue weighted by atomic mass is 35.5. The van der Waals surface area contributed by atoms with Crippen molar-refractivity contribution in [2.24, 2.45) is 0 Å². The number of aromatic nitrogens is 1. The minimum atomic E-state index is -0.790. The monoisotopic (exact) mass is 457 g/mol. The zero-order valence-corrected chi connectivity index (χ0v) is 18.1. The van der Waals surface area contributed by atoms with Crippen LogP contribution >= 0.6 is 23.2 Å². The van der Waals surface area contributed by atoms with E-state index in [2.05, 4.69) is 5.32 Å². The number of rotatable bonds is 4. The zero-order chi connectivity index (χ0) is 22.3. The second-order valence-corrected chi connectivity index (χ2v) is 7.89. The van der Waals surface area contributed by atoms with Crippen molar-refractivity contribution >= 4 is 47.1 Å². The first-order valence-electron chi connectivity index (χ1n) is 9.32. The predicted octanol–water partition coefficient (Wildman–Crippen LogP) is 4.66. The molecular formula is C22H17Cl2N3O4. The number of imide groups is 2. The maximum atomic E-state index is 12.9. The number of urea groups is 1. The van der Waals surface area contributed by atoms with Crippen molar-refractivity contribution in [3.05, 3.63) is 81.0 Å². The first kappa shape index (κ1) is 21.0. The fourth-order valence-corrected chi connectivity index (χ4v) is 4.01. The Hall–Kier alpha value is -3.29. The summed E-state index contributed by atoms with van der Waals surface area (Å²) >= 11 is 12.4. The lowest BCUT2D eigenvalue weighted by Gasteiger charge is -2.25. The Morgan fingerprint density at radius 3 is 2.55 bits per heavy atom. The van der Waals surface area contributed by atoms with Crippen LogP contribution < -0.4 is 5.32 Å². The Morgan fingerprint density at radius 2 is 1.87 bits per heavy atom. The Bertz CT molecular complexity index is 1240. The Kier molecular flexibility index (Phi) is 5.47. The number of nitrogens with zero attached hydrogens (tertiary/aromatic N) is 2. The van der Waals surface area contributed by atoms with Crippen LogP contribution in [0.15, 0.2) is 52.7 Å². The highest BCUT2D eigenvalue weighted by Gasteiger charge is 2.36. The molecule has 3 aromatic rings. The summed E-state index contributed by atoms with van der Waals surface area (Å²) in [6.07, 6.45) is 2.92. The van der Waals surface area contributed by atoms with Gasteiger partial charge in [-0.1, -0.05) is 23.2 Å². The molecule has 158 valence electrons. The van der Waals surface area contributed by atoms with Gasteiger partial charge in [-0.25, -0.2) is 4.79 Å². The van der Waals surface area contributed by atoms with Gasteiger partial charge in [-0.05, 0) is 61.9 Å². The molecule has 4 amide bonds. The van der Waals surface area contributed by atoms with Crippen LogP contribution in [-0.2, 0) is 16.1 Å². The second-order valence-electron chi connectivity index (χ2n) is 7.05. The minimum Gasteiger partial charge on any atom is -0.467 e. The van der Waals surface area contributed by atoms with E-state index >= 15 is 0 Å². The van der Waals surface area contributed by atoms with Crippen LogP contribution in [0.25, 0.3) is 11.8 Å². The molecule has 1 N–H and O–H groups in total. The van der Waals surface area contributed by atoms with Gasteiger partial charge in [0, 0.05) is 16.4 Å². The van der Waals surface area contributed by atoms with E-state index in [4.69, 9.17) is 27.6 Å². The molecule has 0 aliphatic carbocycles. The van der Waals surface area contributed by atoms with Crippen molar-refractivity contribution in [2.45, 2.75) is 20.4 Å². The van der Waals surface area contributed by atoms with Gasteiger partial charge in [-0.15, -0.1) is 0 Å². The van der Waals surface area contributed by atoms with Gasteiger partial charge in [0.15, 0.2) is 0 Å². The number of barbiturate groups is 1. The van der Waals surface area contributed by atoms with Gasteiger partial charge in [0.2, 0.25) is 0 Å². The van der Waals surface area contributed by atoms with Crippen molar-refractivity contribution in [1.82, 2.24) is 14.8 Å². The third-order valence-corrected chi connectivity index (χ3v) is 5.54. The summed E-state index contributed by atoms with van der Waals surface area (Å²) < 4.78 is 7.12. The smallest absolute Gasteiger partial charge is 0.331 e. The number of amides is 4.